The molecule has 2 aromatic carbocycles. The summed E-state index contributed by atoms with van der Waals surface area (Å²) in [6.45, 7) is 5.11. The molecule has 0 saturated heterocycles. The minimum absolute atomic E-state index is 0.0765. The van der Waals surface area contributed by atoms with Crippen molar-refractivity contribution in [3.63, 3.8) is 0 Å². The van der Waals surface area contributed by atoms with E-state index >= 15 is 0 Å². The molecule has 0 saturated carbocycles. The van der Waals surface area contributed by atoms with E-state index in [0.29, 0.717) is 28.9 Å². The molecular formula is C22H20N2O4S. The summed E-state index contributed by atoms with van der Waals surface area (Å²) in [6.07, 6.45) is 1.19. The predicted octanol–water partition coefficient (Wildman–Crippen LogP) is 3.81. The first-order chi connectivity index (χ1) is 14.0. The Morgan fingerprint density at radius 1 is 1.24 bits per heavy atom. The molecule has 4 aromatic rings. The molecule has 2 heterocycles. The highest BCUT2D eigenvalue weighted by atomic mass is 32.1. The Hall–Kier alpha value is -3.03. The van der Waals surface area contributed by atoms with Gasteiger partial charge in [-0.05, 0) is 43.2 Å². The van der Waals surface area contributed by atoms with Gasteiger partial charge < -0.3 is 13.7 Å². The molecular weight excluding hydrogens is 388 g/mol. The van der Waals surface area contributed by atoms with Gasteiger partial charge in [0, 0.05) is 13.7 Å². The number of hydrogen-bond acceptors (Lipinski definition) is 5. The average Bonchev–Trinajstić information content (AvgIpc) is 3.03. The van der Waals surface area contributed by atoms with Gasteiger partial charge in [-0.2, -0.15) is 4.99 Å². The monoisotopic (exact) mass is 408 g/mol. The van der Waals surface area contributed by atoms with Crippen LogP contribution in [0.2, 0.25) is 0 Å². The smallest absolute Gasteiger partial charge is 0.286 e. The number of ether oxygens (including phenoxy) is 1. The summed E-state index contributed by atoms with van der Waals surface area (Å²) in [6, 6.07) is 11.0. The second-order valence-corrected chi connectivity index (χ2v) is 7.86. The zero-order chi connectivity index (χ0) is 20.5. The maximum Gasteiger partial charge on any atom is 0.286 e. The zero-order valence-electron chi connectivity index (χ0n) is 16.4. The Morgan fingerprint density at radius 2 is 2.03 bits per heavy atom. The molecule has 0 aliphatic rings. The number of nitrogens with zero attached hydrogens (tertiary/aromatic N) is 2. The first kappa shape index (κ1) is 19.3. The highest BCUT2D eigenvalue weighted by Gasteiger charge is 2.16. The second kappa shape index (κ2) is 7.77. The molecule has 0 N–H and O–H groups in total. The summed E-state index contributed by atoms with van der Waals surface area (Å²) in [4.78, 5) is 30.4. The lowest BCUT2D eigenvalue weighted by Crippen LogP contribution is -2.21. The van der Waals surface area contributed by atoms with E-state index in [2.05, 4.69) is 17.1 Å². The fraction of sp³-hybridized carbons (Fsp3) is 0.227. The normalized spacial score (nSPS) is 12.2. The van der Waals surface area contributed by atoms with Crippen LogP contribution in [-0.4, -0.2) is 24.2 Å². The van der Waals surface area contributed by atoms with Crippen LogP contribution in [0, 0.1) is 13.8 Å². The third kappa shape index (κ3) is 3.54. The first-order valence-electron chi connectivity index (χ1n) is 9.18. The number of aryl methyl sites for hydroxylation is 2. The SMILES string of the molecule is COCCn1c(=NC(=O)c2coc3ccccc3c2=O)sc2cc(C)cc(C)c21. The molecule has 7 heteroatoms. The van der Waals surface area contributed by atoms with Gasteiger partial charge in [-0.1, -0.05) is 29.5 Å². The fourth-order valence-corrected chi connectivity index (χ4v) is 4.67. The van der Waals surface area contributed by atoms with Gasteiger partial charge in [-0.15, -0.1) is 0 Å². The summed E-state index contributed by atoms with van der Waals surface area (Å²) >= 11 is 1.42. The number of hydrogen-bond donors (Lipinski definition) is 0. The summed E-state index contributed by atoms with van der Waals surface area (Å²) in [5, 5.41) is 0.364. The lowest BCUT2D eigenvalue weighted by molar-refractivity contribution is 0.0994. The van der Waals surface area contributed by atoms with Gasteiger partial charge in [0.05, 0.1) is 22.2 Å². The molecule has 29 heavy (non-hydrogen) atoms. The summed E-state index contributed by atoms with van der Waals surface area (Å²) in [5.41, 5.74) is 3.26. The van der Waals surface area contributed by atoms with E-state index in [0.717, 1.165) is 21.3 Å². The van der Waals surface area contributed by atoms with Crippen LogP contribution in [0.25, 0.3) is 21.2 Å². The van der Waals surface area contributed by atoms with Crippen LogP contribution in [-0.2, 0) is 11.3 Å². The van der Waals surface area contributed by atoms with Crippen molar-refractivity contribution in [3.8, 4) is 0 Å². The van der Waals surface area contributed by atoms with Crippen molar-refractivity contribution in [2.75, 3.05) is 13.7 Å². The fourth-order valence-electron chi connectivity index (χ4n) is 3.44. The molecule has 0 atom stereocenters. The van der Waals surface area contributed by atoms with Crippen LogP contribution >= 0.6 is 11.3 Å². The van der Waals surface area contributed by atoms with Gasteiger partial charge in [-0.25, -0.2) is 0 Å². The summed E-state index contributed by atoms with van der Waals surface area (Å²) in [5.74, 6) is -0.614. The number of aromatic nitrogens is 1. The van der Waals surface area contributed by atoms with Gasteiger partial charge in [-0.3, -0.25) is 9.59 Å². The van der Waals surface area contributed by atoms with Crippen molar-refractivity contribution < 1.29 is 13.9 Å². The number of para-hydroxylation sites is 1. The Morgan fingerprint density at radius 3 is 2.83 bits per heavy atom. The molecule has 148 valence electrons. The third-order valence-electron chi connectivity index (χ3n) is 4.74. The topological polar surface area (TPSA) is 73.8 Å². The quantitative estimate of drug-likeness (QED) is 0.515. The highest BCUT2D eigenvalue weighted by Crippen LogP contribution is 2.23. The van der Waals surface area contributed by atoms with Crippen molar-refractivity contribution in [1.82, 2.24) is 4.57 Å². The number of methoxy groups -OCH3 is 1. The molecule has 0 aliphatic heterocycles. The Bertz CT molecular complexity index is 1360. The first-order valence-corrected chi connectivity index (χ1v) is 10.0. The van der Waals surface area contributed by atoms with E-state index < -0.39 is 5.91 Å². The van der Waals surface area contributed by atoms with Crippen LogP contribution in [0.15, 0.2) is 56.9 Å². The van der Waals surface area contributed by atoms with Crippen molar-refractivity contribution in [1.29, 1.82) is 0 Å². The van der Waals surface area contributed by atoms with Crippen LogP contribution < -0.4 is 10.2 Å². The molecule has 1 amide bonds. The average molecular weight is 408 g/mol. The van der Waals surface area contributed by atoms with E-state index in [9.17, 15) is 9.59 Å². The standard InChI is InChI=1S/C22H20N2O4S/c1-13-10-14(2)19-18(11-13)29-22(24(19)8-9-27-3)23-21(26)16-12-28-17-7-5-4-6-15(17)20(16)25/h4-7,10-12H,8-9H2,1-3H3. The predicted molar refractivity (Wildman–Crippen MR) is 114 cm³/mol. The van der Waals surface area contributed by atoms with Crippen LogP contribution in [0.5, 0.6) is 0 Å². The van der Waals surface area contributed by atoms with Gasteiger partial charge in [0.2, 0.25) is 5.43 Å². The van der Waals surface area contributed by atoms with Gasteiger partial charge >= 0.3 is 0 Å². The lowest BCUT2D eigenvalue weighted by atomic mass is 10.1. The van der Waals surface area contributed by atoms with Gasteiger partial charge in [0.1, 0.15) is 17.4 Å². The maximum absolute atomic E-state index is 12.9. The van der Waals surface area contributed by atoms with E-state index in [-0.39, 0.29) is 11.0 Å². The van der Waals surface area contributed by atoms with Gasteiger partial charge in [0.25, 0.3) is 5.91 Å². The van der Waals surface area contributed by atoms with Crippen molar-refractivity contribution in [2.24, 2.45) is 4.99 Å². The number of carbonyl (C=O) groups excluding carboxylic acids is 1. The third-order valence-corrected chi connectivity index (χ3v) is 5.76. The Labute approximate surface area is 170 Å². The van der Waals surface area contributed by atoms with Crippen molar-refractivity contribution in [2.45, 2.75) is 20.4 Å². The van der Waals surface area contributed by atoms with E-state index in [4.69, 9.17) is 9.15 Å². The van der Waals surface area contributed by atoms with Crippen LogP contribution in [0.3, 0.4) is 0 Å². The number of amides is 1. The number of carbonyl (C=O) groups is 1. The maximum atomic E-state index is 12.9. The van der Waals surface area contributed by atoms with Crippen LogP contribution in [0.1, 0.15) is 21.5 Å². The molecule has 0 fully saturated rings. The number of thiazole rings is 1. The number of benzene rings is 2. The van der Waals surface area contributed by atoms with E-state index in [1.807, 2.05) is 18.4 Å². The molecule has 0 bridgehead atoms. The highest BCUT2D eigenvalue weighted by molar-refractivity contribution is 7.16. The molecule has 0 spiro atoms. The van der Waals surface area contributed by atoms with E-state index in [1.54, 1.807) is 31.4 Å². The molecule has 2 aromatic heterocycles. The molecule has 0 radical (unpaired) electrons. The second-order valence-electron chi connectivity index (χ2n) is 6.85. The van der Waals surface area contributed by atoms with E-state index in [1.165, 1.54) is 17.6 Å². The lowest BCUT2D eigenvalue weighted by Gasteiger charge is -2.07. The van der Waals surface area contributed by atoms with Crippen LogP contribution in [0.4, 0.5) is 0 Å². The molecule has 4 rings (SSSR count). The molecule has 6 nitrogen and oxygen atoms in total. The number of fused-ring (bicyclic) bond motifs is 2. The number of rotatable bonds is 4. The molecule has 0 aliphatic carbocycles. The minimum atomic E-state index is -0.614. The Kier molecular flexibility index (Phi) is 5.17. The summed E-state index contributed by atoms with van der Waals surface area (Å²) in [7, 11) is 1.63. The largest absolute Gasteiger partial charge is 0.463 e. The van der Waals surface area contributed by atoms with Crippen molar-refractivity contribution in [3.05, 3.63) is 74.4 Å². The molecule has 0 unspecified atom stereocenters. The Balaban J connectivity index is 1.90. The van der Waals surface area contributed by atoms with Crippen molar-refractivity contribution >= 4 is 38.4 Å². The summed E-state index contributed by atoms with van der Waals surface area (Å²) < 4.78 is 13.7. The van der Waals surface area contributed by atoms with Gasteiger partial charge in [0.15, 0.2) is 4.80 Å². The minimum Gasteiger partial charge on any atom is -0.463 e. The zero-order valence-corrected chi connectivity index (χ0v) is 17.2.